The van der Waals surface area contributed by atoms with E-state index in [-0.39, 0.29) is 0 Å². The van der Waals surface area contributed by atoms with Crippen LogP contribution in [0.25, 0.3) is 6.08 Å². The van der Waals surface area contributed by atoms with Crippen LogP contribution in [0.3, 0.4) is 0 Å². The van der Waals surface area contributed by atoms with E-state index in [1.807, 2.05) is 10.8 Å². The normalized spacial score (nSPS) is 15.8. The topological polar surface area (TPSA) is 30.7 Å². The lowest BCUT2D eigenvalue weighted by atomic mass is 10.1. The van der Waals surface area contributed by atoms with E-state index in [2.05, 4.69) is 47.4 Å². The van der Waals surface area contributed by atoms with Gasteiger partial charge in [-0.3, -0.25) is 0 Å². The van der Waals surface area contributed by atoms with Gasteiger partial charge in [0.1, 0.15) is 0 Å². The summed E-state index contributed by atoms with van der Waals surface area (Å²) < 4.78 is 1.94. The van der Waals surface area contributed by atoms with Crippen molar-refractivity contribution in [1.29, 1.82) is 0 Å². The molecule has 0 aliphatic heterocycles. The smallest absolute Gasteiger partial charge is 0.0858 e. The van der Waals surface area contributed by atoms with Crippen molar-refractivity contribution in [3.05, 3.63) is 53.9 Å². The highest BCUT2D eigenvalue weighted by Gasteiger charge is 2.19. The monoisotopic (exact) mass is 253 g/mol. The second kappa shape index (κ2) is 5.39. The molecule has 0 bridgehead atoms. The molecule has 98 valence electrons. The van der Waals surface area contributed by atoms with Gasteiger partial charge in [-0.2, -0.15) is 0 Å². The molecule has 0 saturated heterocycles. The predicted molar refractivity (Wildman–Crippen MR) is 76.9 cm³/mol. The number of rotatable bonds is 4. The highest BCUT2D eigenvalue weighted by atomic mass is 15.4. The standard InChI is InChI=1S/C16H19N3/c1-2-13-7-9-14(10-8-13)11-19-12-16(17-18-19)15-5-3-4-6-15/h2,7-10,12,15H,1,3-6,11H2. The number of nitrogens with zero attached hydrogens (tertiary/aromatic N) is 3. The van der Waals surface area contributed by atoms with Crippen LogP contribution in [0.2, 0.25) is 0 Å². The Bertz CT molecular complexity index is 548. The molecule has 0 atom stereocenters. The summed E-state index contributed by atoms with van der Waals surface area (Å²) in [5.74, 6) is 0.636. The average molecular weight is 253 g/mol. The van der Waals surface area contributed by atoms with Crippen LogP contribution in [0.15, 0.2) is 37.0 Å². The van der Waals surface area contributed by atoms with Gasteiger partial charge in [-0.05, 0) is 24.0 Å². The Morgan fingerprint density at radius 3 is 2.63 bits per heavy atom. The van der Waals surface area contributed by atoms with Gasteiger partial charge in [0.2, 0.25) is 0 Å². The van der Waals surface area contributed by atoms with Gasteiger partial charge in [0, 0.05) is 12.1 Å². The summed E-state index contributed by atoms with van der Waals surface area (Å²) >= 11 is 0. The molecule has 0 radical (unpaired) electrons. The minimum absolute atomic E-state index is 0.636. The minimum atomic E-state index is 0.636. The lowest BCUT2D eigenvalue weighted by molar-refractivity contribution is 0.646. The lowest BCUT2D eigenvalue weighted by Crippen LogP contribution is -2.00. The van der Waals surface area contributed by atoms with E-state index < -0.39 is 0 Å². The summed E-state index contributed by atoms with van der Waals surface area (Å²) in [6.07, 6.45) is 9.18. The van der Waals surface area contributed by atoms with Gasteiger partial charge in [0.25, 0.3) is 0 Å². The predicted octanol–water partition coefficient (Wildman–Crippen LogP) is 3.63. The molecule has 1 saturated carbocycles. The first-order valence-electron chi connectivity index (χ1n) is 6.96. The number of hydrogen-bond donors (Lipinski definition) is 0. The Kier molecular flexibility index (Phi) is 3.45. The van der Waals surface area contributed by atoms with E-state index in [1.165, 1.54) is 36.9 Å². The van der Waals surface area contributed by atoms with Crippen LogP contribution in [0, 0.1) is 0 Å². The van der Waals surface area contributed by atoms with Crippen molar-refractivity contribution in [1.82, 2.24) is 15.0 Å². The van der Waals surface area contributed by atoms with Gasteiger partial charge in [-0.15, -0.1) is 5.10 Å². The summed E-state index contributed by atoms with van der Waals surface area (Å²) in [6.45, 7) is 4.55. The molecular weight excluding hydrogens is 234 g/mol. The van der Waals surface area contributed by atoms with Crippen molar-refractivity contribution in [2.45, 2.75) is 38.1 Å². The minimum Gasteiger partial charge on any atom is -0.248 e. The highest BCUT2D eigenvalue weighted by molar-refractivity contribution is 5.47. The van der Waals surface area contributed by atoms with Crippen LogP contribution in [-0.2, 0) is 6.54 Å². The van der Waals surface area contributed by atoms with Crippen molar-refractivity contribution in [2.24, 2.45) is 0 Å². The van der Waals surface area contributed by atoms with Crippen LogP contribution < -0.4 is 0 Å². The molecule has 3 rings (SSSR count). The zero-order valence-electron chi connectivity index (χ0n) is 11.1. The zero-order chi connectivity index (χ0) is 13.1. The molecule has 0 unspecified atom stereocenters. The Labute approximate surface area is 114 Å². The van der Waals surface area contributed by atoms with E-state index in [9.17, 15) is 0 Å². The molecule has 0 amide bonds. The van der Waals surface area contributed by atoms with Crippen LogP contribution in [-0.4, -0.2) is 15.0 Å². The van der Waals surface area contributed by atoms with Crippen molar-refractivity contribution in [3.63, 3.8) is 0 Å². The van der Waals surface area contributed by atoms with E-state index in [1.54, 1.807) is 0 Å². The molecular formula is C16H19N3. The molecule has 3 nitrogen and oxygen atoms in total. The van der Waals surface area contributed by atoms with Gasteiger partial charge in [0.15, 0.2) is 0 Å². The largest absolute Gasteiger partial charge is 0.248 e. The van der Waals surface area contributed by atoms with Crippen LogP contribution in [0.1, 0.15) is 48.4 Å². The van der Waals surface area contributed by atoms with Crippen LogP contribution in [0.5, 0.6) is 0 Å². The number of hydrogen-bond acceptors (Lipinski definition) is 2. The molecule has 1 heterocycles. The van der Waals surface area contributed by atoms with Gasteiger partial charge >= 0.3 is 0 Å². The highest BCUT2D eigenvalue weighted by Crippen LogP contribution is 2.32. The van der Waals surface area contributed by atoms with Crippen molar-refractivity contribution >= 4 is 6.08 Å². The second-order valence-electron chi connectivity index (χ2n) is 5.27. The molecule has 1 aromatic carbocycles. The number of aromatic nitrogens is 3. The van der Waals surface area contributed by atoms with Gasteiger partial charge in [-0.1, -0.05) is 55.0 Å². The van der Waals surface area contributed by atoms with Crippen LogP contribution in [0.4, 0.5) is 0 Å². The first-order chi connectivity index (χ1) is 9.35. The lowest BCUT2D eigenvalue weighted by Gasteiger charge is -2.03. The SMILES string of the molecule is C=Cc1ccc(Cn2cc(C3CCCC3)nn2)cc1. The molecule has 0 N–H and O–H groups in total. The second-order valence-corrected chi connectivity index (χ2v) is 5.27. The maximum absolute atomic E-state index is 4.32. The van der Waals surface area contributed by atoms with Gasteiger partial charge in [-0.25, -0.2) is 4.68 Å². The molecule has 1 fully saturated rings. The first-order valence-corrected chi connectivity index (χ1v) is 6.96. The van der Waals surface area contributed by atoms with E-state index >= 15 is 0 Å². The van der Waals surface area contributed by atoms with Gasteiger partial charge in [0.05, 0.1) is 12.2 Å². The summed E-state index contributed by atoms with van der Waals surface area (Å²) in [5, 5.41) is 8.57. The van der Waals surface area contributed by atoms with Crippen molar-refractivity contribution in [3.8, 4) is 0 Å². The summed E-state index contributed by atoms with van der Waals surface area (Å²) in [4.78, 5) is 0. The molecule has 19 heavy (non-hydrogen) atoms. The van der Waals surface area contributed by atoms with E-state index in [0.717, 1.165) is 12.1 Å². The third-order valence-electron chi connectivity index (χ3n) is 3.89. The third kappa shape index (κ3) is 2.75. The molecule has 1 aliphatic carbocycles. The summed E-state index contributed by atoms with van der Waals surface area (Å²) in [7, 11) is 0. The fraction of sp³-hybridized carbons (Fsp3) is 0.375. The maximum atomic E-state index is 4.32. The summed E-state index contributed by atoms with van der Waals surface area (Å²) in [6, 6.07) is 8.40. The molecule has 3 heteroatoms. The molecule has 1 aliphatic rings. The zero-order valence-corrected chi connectivity index (χ0v) is 11.1. The summed E-state index contributed by atoms with van der Waals surface area (Å²) in [5.41, 5.74) is 3.56. The number of benzene rings is 1. The Balaban J connectivity index is 1.70. The van der Waals surface area contributed by atoms with E-state index in [4.69, 9.17) is 0 Å². The molecule has 1 aromatic heterocycles. The fourth-order valence-corrected chi connectivity index (χ4v) is 2.75. The maximum Gasteiger partial charge on any atom is 0.0858 e. The van der Waals surface area contributed by atoms with Crippen molar-refractivity contribution < 1.29 is 0 Å². The molecule has 0 spiro atoms. The first kappa shape index (κ1) is 12.2. The molecule has 2 aromatic rings. The third-order valence-corrected chi connectivity index (χ3v) is 3.89. The Hall–Kier alpha value is -1.90. The average Bonchev–Trinajstić information content (AvgIpc) is 3.10. The Morgan fingerprint density at radius 1 is 1.21 bits per heavy atom. The van der Waals surface area contributed by atoms with Crippen LogP contribution >= 0.6 is 0 Å². The Morgan fingerprint density at radius 2 is 1.95 bits per heavy atom. The quantitative estimate of drug-likeness (QED) is 0.833. The van der Waals surface area contributed by atoms with E-state index in [0.29, 0.717) is 5.92 Å². The fourth-order valence-electron chi connectivity index (χ4n) is 2.75. The van der Waals surface area contributed by atoms with Crippen molar-refractivity contribution in [2.75, 3.05) is 0 Å². The van der Waals surface area contributed by atoms with Gasteiger partial charge < -0.3 is 0 Å².